The van der Waals surface area contributed by atoms with E-state index in [-0.39, 0.29) is 11.5 Å². The number of hydrogen-bond acceptors (Lipinski definition) is 3. The van der Waals surface area contributed by atoms with E-state index in [4.69, 9.17) is 0 Å². The summed E-state index contributed by atoms with van der Waals surface area (Å²) in [7, 11) is 0. The molecule has 0 radical (unpaired) electrons. The van der Waals surface area contributed by atoms with Crippen LogP contribution < -0.4 is 5.32 Å². The maximum atomic E-state index is 12.5. The molecule has 0 unspecified atom stereocenters. The summed E-state index contributed by atoms with van der Waals surface area (Å²) in [5.41, 5.74) is -0.150. The van der Waals surface area contributed by atoms with Crippen molar-refractivity contribution in [1.82, 2.24) is 9.88 Å². The summed E-state index contributed by atoms with van der Waals surface area (Å²) >= 11 is 0. The van der Waals surface area contributed by atoms with E-state index in [1.54, 1.807) is 29.2 Å². The molecule has 1 heterocycles. The third-order valence-corrected chi connectivity index (χ3v) is 3.76. The zero-order chi connectivity index (χ0) is 19.3. The van der Waals surface area contributed by atoms with Gasteiger partial charge in [-0.3, -0.25) is 14.6 Å². The molecule has 2 aromatic rings. The lowest BCUT2D eigenvalue weighted by Crippen LogP contribution is -2.30. The number of anilines is 1. The predicted octanol–water partition coefficient (Wildman–Crippen LogP) is 3.83. The minimum atomic E-state index is -4.55. The maximum Gasteiger partial charge on any atom is 0.433 e. The Hall–Kier alpha value is -2.90. The molecule has 0 spiro atoms. The summed E-state index contributed by atoms with van der Waals surface area (Å²) in [4.78, 5) is 29.2. The number of carbonyl (C=O) groups is 2. The molecule has 1 aromatic heterocycles. The van der Waals surface area contributed by atoms with Crippen LogP contribution in [0.1, 0.15) is 40.3 Å². The first-order valence-electron chi connectivity index (χ1n) is 8.00. The lowest BCUT2D eigenvalue weighted by molar-refractivity contribution is -0.141. The van der Waals surface area contributed by atoms with Crippen LogP contribution in [0.2, 0.25) is 0 Å². The quantitative estimate of drug-likeness (QED) is 0.876. The van der Waals surface area contributed by atoms with E-state index < -0.39 is 17.8 Å². The number of halogens is 3. The van der Waals surface area contributed by atoms with Gasteiger partial charge in [0.15, 0.2) is 0 Å². The summed E-state index contributed by atoms with van der Waals surface area (Å²) < 4.78 is 37.5. The number of carbonyl (C=O) groups excluding carboxylic acids is 2. The van der Waals surface area contributed by atoms with Crippen molar-refractivity contribution in [3.8, 4) is 0 Å². The highest BCUT2D eigenvalue weighted by atomic mass is 19.4. The molecule has 0 saturated heterocycles. The van der Waals surface area contributed by atoms with E-state index in [1.165, 1.54) is 0 Å². The minimum absolute atomic E-state index is 0.00120. The number of aromatic nitrogens is 1. The number of benzene rings is 1. The van der Waals surface area contributed by atoms with Crippen LogP contribution in [0.4, 0.5) is 18.9 Å². The van der Waals surface area contributed by atoms with Gasteiger partial charge in [0, 0.05) is 30.5 Å². The van der Waals surface area contributed by atoms with Crippen LogP contribution in [0.3, 0.4) is 0 Å². The highest BCUT2D eigenvalue weighted by molar-refractivity contribution is 6.04. The molecule has 0 aliphatic rings. The van der Waals surface area contributed by atoms with Crippen molar-refractivity contribution in [1.29, 1.82) is 0 Å². The highest BCUT2D eigenvalue weighted by Crippen LogP contribution is 2.27. The number of nitrogens with zero attached hydrogens (tertiary/aromatic N) is 2. The Morgan fingerprint density at radius 3 is 2.04 bits per heavy atom. The lowest BCUT2D eigenvalue weighted by Gasteiger charge is -2.18. The van der Waals surface area contributed by atoms with Crippen molar-refractivity contribution >= 4 is 17.5 Å². The highest BCUT2D eigenvalue weighted by Gasteiger charge is 2.32. The number of pyridine rings is 1. The third-order valence-electron chi connectivity index (χ3n) is 3.76. The maximum absolute atomic E-state index is 12.5. The van der Waals surface area contributed by atoms with Crippen LogP contribution in [0, 0.1) is 0 Å². The van der Waals surface area contributed by atoms with E-state index in [0.29, 0.717) is 24.3 Å². The molecular weight excluding hydrogens is 347 g/mol. The molecule has 0 aliphatic heterocycles. The van der Waals surface area contributed by atoms with Crippen LogP contribution >= 0.6 is 0 Å². The first-order valence-corrected chi connectivity index (χ1v) is 8.00. The van der Waals surface area contributed by atoms with Crippen molar-refractivity contribution < 1.29 is 22.8 Å². The number of nitrogens with one attached hydrogen (secondary N) is 1. The fourth-order valence-electron chi connectivity index (χ4n) is 2.29. The van der Waals surface area contributed by atoms with Gasteiger partial charge in [-0.2, -0.15) is 13.2 Å². The standard InChI is InChI=1S/C18H18F3N3O2/c1-3-24(4-2)17(26)12-5-8-14(9-6-12)23-16(25)13-7-10-15(22-11-13)18(19,20)21/h5-11H,3-4H2,1-2H3,(H,23,25). The molecule has 1 N–H and O–H groups in total. The Kier molecular flexibility index (Phi) is 5.97. The van der Waals surface area contributed by atoms with Crippen molar-refractivity contribution in [3.63, 3.8) is 0 Å². The van der Waals surface area contributed by atoms with Crippen LogP contribution in [0.5, 0.6) is 0 Å². The van der Waals surface area contributed by atoms with Crippen LogP contribution in [-0.4, -0.2) is 34.8 Å². The van der Waals surface area contributed by atoms with Crippen LogP contribution in [0.25, 0.3) is 0 Å². The summed E-state index contributed by atoms with van der Waals surface area (Å²) in [6.45, 7) is 4.95. The Morgan fingerprint density at radius 1 is 1.00 bits per heavy atom. The Labute approximate surface area is 148 Å². The topological polar surface area (TPSA) is 62.3 Å². The van der Waals surface area contributed by atoms with Crippen LogP contribution in [-0.2, 0) is 6.18 Å². The zero-order valence-electron chi connectivity index (χ0n) is 14.3. The molecule has 2 amide bonds. The summed E-state index contributed by atoms with van der Waals surface area (Å²) in [5, 5.41) is 2.55. The van der Waals surface area contributed by atoms with E-state index in [2.05, 4.69) is 10.3 Å². The molecule has 0 saturated carbocycles. The Bertz CT molecular complexity index is 768. The molecule has 0 atom stereocenters. The van der Waals surface area contributed by atoms with Gasteiger partial charge in [-0.15, -0.1) is 0 Å². The van der Waals surface area contributed by atoms with E-state index in [1.807, 2.05) is 13.8 Å². The molecule has 5 nitrogen and oxygen atoms in total. The second-order valence-corrected chi connectivity index (χ2v) is 5.44. The third kappa shape index (κ3) is 4.59. The second-order valence-electron chi connectivity index (χ2n) is 5.44. The van der Waals surface area contributed by atoms with Gasteiger partial charge in [0.1, 0.15) is 5.69 Å². The summed E-state index contributed by atoms with van der Waals surface area (Å²) in [5.74, 6) is -0.700. The predicted molar refractivity (Wildman–Crippen MR) is 90.9 cm³/mol. The largest absolute Gasteiger partial charge is 0.433 e. The van der Waals surface area contributed by atoms with Gasteiger partial charge >= 0.3 is 6.18 Å². The van der Waals surface area contributed by atoms with Gasteiger partial charge in [-0.05, 0) is 50.2 Å². The van der Waals surface area contributed by atoms with E-state index in [9.17, 15) is 22.8 Å². The molecule has 138 valence electrons. The minimum Gasteiger partial charge on any atom is -0.339 e. The molecular formula is C18H18F3N3O2. The first-order chi connectivity index (χ1) is 12.3. The Balaban J connectivity index is 2.06. The number of hydrogen-bond donors (Lipinski definition) is 1. The molecule has 2 rings (SSSR count). The first kappa shape index (κ1) is 19.4. The van der Waals surface area contributed by atoms with Crippen molar-refractivity contribution in [3.05, 3.63) is 59.4 Å². The SMILES string of the molecule is CCN(CC)C(=O)c1ccc(NC(=O)c2ccc(C(F)(F)F)nc2)cc1. The molecule has 8 heteroatoms. The average Bonchev–Trinajstić information content (AvgIpc) is 2.62. The molecule has 0 aliphatic carbocycles. The normalized spacial score (nSPS) is 11.1. The van der Waals surface area contributed by atoms with Gasteiger partial charge in [-0.25, -0.2) is 0 Å². The van der Waals surface area contributed by atoms with Crippen LogP contribution in [0.15, 0.2) is 42.6 Å². The van der Waals surface area contributed by atoms with Crippen molar-refractivity contribution in [2.45, 2.75) is 20.0 Å². The fraction of sp³-hybridized carbons (Fsp3) is 0.278. The fourth-order valence-corrected chi connectivity index (χ4v) is 2.29. The second kappa shape index (κ2) is 7.99. The van der Waals surface area contributed by atoms with Gasteiger partial charge < -0.3 is 10.2 Å². The zero-order valence-corrected chi connectivity index (χ0v) is 14.3. The summed E-state index contributed by atoms with van der Waals surface area (Å²) in [6, 6.07) is 8.10. The molecule has 1 aromatic carbocycles. The average molecular weight is 365 g/mol. The molecule has 0 fully saturated rings. The van der Waals surface area contributed by atoms with Gasteiger partial charge in [-0.1, -0.05) is 0 Å². The number of rotatable bonds is 5. The lowest BCUT2D eigenvalue weighted by atomic mass is 10.1. The number of amides is 2. The van der Waals surface area contributed by atoms with Crippen molar-refractivity contribution in [2.24, 2.45) is 0 Å². The van der Waals surface area contributed by atoms with Gasteiger partial charge in [0.25, 0.3) is 11.8 Å². The van der Waals surface area contributed by atoms with Gasteiger partial charge in [0.05, 0.1) is 5.56 Å². The monoisotopic (exact) mass is 365 g/mol. The summed E-state index contributed by atoms with van der Waals surface area (Å²) in [6.07, 6.45) is -3.68. The smallest absolute Gasteiger partial charge is 0.339 e. The van der Waals surface area contributed by atoms with Crippen molar-refractivity contribution in [2.75, 3.05) is 18.4 Å². The number of alkyl halides is 3. The Morgan fingerprint density at radius 2 is 1.58 bits per heavy atom. The molecule has 26 heavy (non-hydrogen) atoms. The molecule has 0 bridgehead atoms. The van der Waals surface area contributed by atoms with E-state index in [0.717, 1.165) is 18.3 Å². The van der Waals surface area contributed by atoms with E-state index >= 15 is 0 Å². The van der Waals surface area contributed by atoms with Gasteiger partial charge in [0.2, 0.25) is 0 Å².